The Labute approximate surface area is 77.3 Å². The van der Waals surface area contributed by atoms with E-state index in [9.17, 15) is 0 Å². The highest BCUT2D eigenvalue weighted by atomic mass is 15.4. The first-order valence-corrected chi connectivity index (χ1v) is 4.78. The third-order valence-electron chi connectivity index (χ3n) is 2.15. The van der Waals surface area contributed by atoms with Crippen LogP contribution >= 0.6 is 0 Å². The van der Waals surface area contributed by atoms with Gasteiger partial charge in [-0.3, -0.25) is 0 Å². The summed E-state index contributed by atoms with van der Waals surface area (Å²) in [5, 5.41) is 7.59. The van der Waals surface area contributed by atoms with Gasteiger partial charge in [0.05, 0.1) is 0 Å². The molecule has 0 spiro atoms. The molecule has 0 aliphatic carbocycles. The zero-order valence-electron chi connectivity index (χ0n) is 7.66. The molecule has 2 heterocycles. The standard InChI is InChI=1S/C8H15N5/c9-4-1-3-7-11-8-10-5-2-6-13(8)12-7/h1-6,9H2,(H,10,11,12). The molecule has 1 aromatic rings. The van der Waals surface area contributed by atoms with E-state index >= 15 is 0 Å². The second-order valence-corrected chi connectivity index (χ2v) is 3.25. The number of aryl methyl sites for hydroxylation is 2. The fourth-order valence-corrected chi connectivity index (χ4v) is 1.47. The van der Waals surface area contributed by atoms with Crippen LogP contribution in [0.25, 0.3) is 0 Å². The predicted molar refractivity (Wildman–Crippen MR) is 50.5 cm³/mol. The molecule has 2 rings (SSSR count). The number of rotatable bonds is 3. The van der Waals surface area contributed by atoms with Gasteiger partial charge >= 0.3 is 0 Å². The highest BCUT2D eigenvalue weighted by Crippen LogP contribution is 2.11. The topological polar surface area (TPSA) is 68.8 Å². The Morgan fingerprint density at radius 3 is 3.23 bits per heavy atom. The van der Waals surface area contributed by atoms with Gasteiger partial charge in [0.15, 0.2) is 5.82 Å². The van der Waals surface area contributed by atoms with E-state index in [0.29, 0.717) is 6.54 Å². The molecule has 13 heavy (non-hydrogen) atoms. The Hall–Kier alpha value is -1.10. The summed E-state index contributed by atoms with van der Waals surface area (Å²) in [6, 6.07) is 0. The fourth-order valence-electron chi connectivity index (χ4n) is 1.47. The second kappa shape index (κ2) is 3.74. The van der Waals surface area contributed by atoms with Gasteiger partial charge in [-0.25, -0.2) is 4.68 Å². The Bertz CT molecular complexity index is 257. The van der Waals surface area contributed by atoms with Gasteiger partial charge in [-0.05, 0) is 19.4 Å². The van der Waals surface area contributed by atoms with Crippen LogP contribution in [0, 0.1) is 0 Å². The molecule has 0 radical (unpaired) electrons. The summed E-state index contributed by atoms with van der Waals surface area (Å²) < 4.78 is 1.94. The van der Waals surface area contributed by atoms with E-state index < -0.39 is 0 Å². The van der Waals surface area contributed by atoms with Crippen LogP contribution in [0.1, 0.15) is 18.7 Å². The molecule has 1 aliphatic rings. The summed E-state index contributed by atoms with van der Waals surface area (Å²) in [6.45, 7) is 2.70. The molecule has 0 saturated carbocycles. The number of nitrogens with one attached hydrogen (secondary N) is 1. The quantitative estimate of drug-likeness (QED) is 0.688. The molecule has 0 saturated heterocycles. The Morgan fingerprint density at radius 1 is 1.54 bits per heavy atom. The van der Waals surface area contributed by atoms with Gasteiger partial charge in [-0.15, -0.1) is 0 Å². The molecule has 0 aromatic carbocycles. The minimum Gasteiger partial charge on any atom is -0.354 e. The molecule has 0 fully saturated rings. The van der Waals surface area contributed by atoms with Gasteiger partial charge in [-0.1, -0.05) is 0 Å². The molecular weight excluding hydrogens is 166 g/mol. The van der Waals surface area contributed by atoms with Crippen molar-refractivity contribution in [2.24, 2.45) is 5.73 Å². The maximum absolute atomic E-state index is 5.42. The number of aromatic nitrogens is 3. The van der Waals surface area contributed by atoms with Crippen LogP contribution in [0.4, 0.5) is 5.95 Å². The normalized spacial score (nSPS) is 15.2. The van der Waals surface area contributed by atoms with Crippen molar-refractivity contribution in [3.8, 4) is 0 Å². The van der Waals surface area contributed by atoms with Crippen LogP contribution in [0.5, 0.6) is 0 Å². The highest BCUT2D eigenvalue weighted by molar-refractivity contribution is 5.26. The lowest BCUT2D eigenvalue weighted by atomic mass is 10.3. The van der Waals surface area contributed by atoms with Crippen molar-refractivity contribution in [1.82, 2.24) is 14.8 Å². The van der Waals surface area contributed by atoms with Crippen molar-refractivity contribution in [1.29, 1.82) is 0 Å². The smallest absolute Gasteiger partial charge is 0.221 e. The SMILES string of the molecule is NCCCc1nc2n(n1)CCCN2. The molecule has 0 amide bonds. The molecule has 0 unspecified atom stereocenters. The lowest BCUT2D eigenvalue weighted by Crippen LogP contribution is -2.17. The van der Waals surface area contributed by atoms with Crippen LogP contribution in [0.2, 0.25) is 0 Å². The van der Waals surface area contributed by atoms with Crippen molar-refractivity contribution >= 4 is 5.95 Å². The minimum absolute atomic E-state index is 0.706. The van der Waals surface area contributed by atoms with Gasteiger partial charge in [0.1, 0.15) is 0 Å². The van der Waals surface area contributed by atoms with Gasteiger partial charge in [0.2, 0.25) is 5.95 Å². The average molecular weight is 181 g/mol. The predicted octanol–water partition coefficient (Wildman–Crippen LogP) is -0.0150. The summed E-state index contributed by atoms with van der Waals surface area (Å²) in [5.74, 6) is 1.83. The van der Waals surface area contributed by atoms with Gasteiger partial charge < -0.3 is 11.1 Å². The summed E-state index contributed by atoms with van der Waals surface area (Å²) >= 11 is 0. The first-order valence-electron chi connectivity index (χ1n) is 4.78. The zero-order chi connectivity index (χ0) is 9.10. The fraction of sp³-hybridized carbons (Fsp3) is 0.750. The molecule has 3 N–H and O–H groups in total. The van der Waals surface area contributed by atoms with Crippen molar-refractivity contribution in [2.75, 3.05) is 18.4 Å². The molecular formula is C8H15N5. The van der Waals surface area contributed by atoms with E-state index in [4.69, 9.17) is 5.73 Å². The third-order valence-corrected chi connectivity index (χ3v) is 2.15. The first kappa shape index (κ1) is 8.50. The molecule has 0 bridgehead atoms. The number of hydrogen-bond acceptors (Lipinski definition) is 4. The van der Waals surface area contributed by atoms with Crippen LogP contribution in [0.3, 0.4) is 0 Å². The van der Waals surface area contributed by atoms with E-state index in [0.717, 1.165) is 44.1 Å². The van der Waals surface area contributed by atoms with Crippen LogP contribution in [-0.4, -0.2) is 27.9 Å². The van der Waals surface area contributed by atoms with Crippen LogP contribution < -0.4 is 11.1 Å². The summed E-state index contributed by atoms with van der Waals surface area (Å²) in [5.41, 5.74) is 5.42. The van der Waals surface area contributed by atoms with Crippen LogP contribution in [-0.2, 0) is 13.0 Å². The monoisotopic (exact) mass is 181 g/mol. The molecule has 5 nitrogen and oxygen atoms in total. The minimum atomic E-state index is 0.706. The molecule has 0 atom stereocenters. The van der Waals surface area contributed by atoms with Crippen molar-refractivity contribution in [2.45, 2.75) is 25.8 Å². The number of anilines is 1. The summed E-state index contributed by atoms with van der Waals surface area (Å²) in [7, 11) is 0. The Kier molecular flexibility index (Phi) is 2.44. The maximum atomic E-state index is 5.42. The largest absolute Gasteiger partial charge is 0.354 e. The van der Waals surface area contributed by atoms with Crippen molar-refractivity contribution in [3.05, 3.63) is 5.82 Å². The van der Waals surface area contributed by atoms with E-state index in [1.807, 2.05) is 4.68 Å². The van der Waals surface area contributed by atoms with Gasteiger partial charge in [0.25, 0.3) is 0 Å². The zero-order valence-corrected chi connectivity index (χ0v) is 7.66. The Morgan fingerprint density at radius 2 is 2.46 bits per heavy atom. The van der Waals surface area contributed by atoms with E-state index in [1.165, 1.54) is 0 Å². The lowest BCUT2D eigenvalue weighted by Gasteiger charge is -2.12. The van der Waals surface area contributed by atoms with E-state index in [1.54, 1.807) is 0 Å². The van der Waals surface area contributed by atoms with Crippen molar-refractivity contribution < 1.29 is 0 Å². The number of nitrogens with two attached hydrogens (primary N) is 1. The van der Waals surface area contributed by atoms with E-state index in [2.05, 4.69) is 15.4 Å². The summed E-state index contributed by atoms with van der Waals surface area (Å²) in [4.78, 5) is 4.37. The number of fused-ring (bicyclic) bond motifs is 1. The second-order valence-electron chi connectivity index (χ2n) is 3.25. The van der Waals surface area contributed by atoms with E-state index in [-0.39, 0.29) is 0 Å². The Balaban J connectivity index is 2.07. The van der Waals surface area contributed by atoms with Crippen LogP contribution in [0.15, 0.2) is 0 Å². The first-order chi connectivity index (χ1) is 6.40. The molecule has 1 aromatic heterocycles. The maximum Gasteiger partial charge on any atom is 0.221 e. The van der Waals surface area contributed by atoms with Crippen molar-refractivity contribution in [3.63, 3.8) is 0 Å². The highest BCUT2D eigenvalue weighted by Gasteiger charge is 2.12. The van der Waals surface area contributed by atoms with Gasteiger partial charge in [0, 0.05) is 19.5 Å². The molecule has 72 valence electrons. The lowest BCUT2D eigenvalue weighted by molar-refractivity contribution is 0.559. The average Bonchev–Trinajstić information content (AvgIpc) is 2.57. The van der Waals surface area contributed by atoms with Gasteiger partial charge in [-0.2, -0.15) is 10.1 Å². The number of hydrogen-bond donors (Lipinski definition) is 2. The number of nitrogens with zero attached hydrogens (tertiary/aromatic N) is 3. The summed E-state index contributed by atoms with van der Waals surface area (Å²) in [6.07, 6.45) is 2.98. The molecule has 5 heteroatoms. The third kappa shape index (κ3) is 1.80. The molecule has 1 aliphatic heterocycles.